The summed E-state index contributed by atoms with van der Waals surface area (Å²) in [5.41, 5.74) is 0. The number of halogens is 1. The summed E-state index contributed by atoms with van der Waals surface area (Å²) in [5, 5.41) is 3.13. The first-order valence-electron chi connectivity index (χ1n) is 5.58. The smallest absolute Gasteiger partial charge is 0.223 e. The summed E-state index contributed by atoms with van der Waals surface area (Å²) in [6, 6.07) is 0.422. The predicted octanol–water partition coefficient (Wildman–Crippen LogP) is 2.85. The highest BCUT2D eigenvalue weighted by Crippen LogP contribution is 2.24. The Hall–Kier alpha value is -0.0500. The van der Waals surface area contributed by atoms with Crippen molar-refractivity contribution < 1.29 is 4.79 Å². The fourth-order valence-corrected chi connectivity index (χ4v) is 2.25. The van der Waals surface area contributed by atoms with Gasteiger partial charge in [0.1, 0.15) is 0 Å². The minimum absolute atomic E-state index is 0.164. The zero-order valence-corrected chi connectivity index (χ0v) is 10.6. The van der Waals surface area contributed by atoms with Crippen LogP contribution in [-0.2, 0) is 4.79 Å². The summed E-state index contributed by atoms with van der Waals surface area (Å²) in [4.78, 5) is 12.3. The highest BCUT2D eigenvalue weighted by atomic mass is 79.9. The first kappa shape index (κ1) is 12.0. The van der Waals surface area contributed by atoms with Crippen LogP contribution >= 0.6 is 15.9 Å². The van der Waals surface area contributed by atoms with Gasteiger partial charge in [-0.25, -0.2) is 0 Å². The molecule has 0 heterocycles. The van der Waals surface area contributed by atoms with Crippen molar-refractivity contribution in [1.82, 2.24) is 5.32 Å². The zero-order valence-electron chi connectivity index (χ0n) is 9.05. The minimum atomic E-state index is 0.164. The molecule has 0 aliphatic heterocycles. The maximum absolute atomic E-state index is 11.6. The fraction of sp³-hybridized carbons (Fsp3) is 0.909. The first-order valence-corrected chi connectivity index (χ1v) is 6.49. The average Bonchev–Trinajstić information content (AvgIpc) is 2.20. The van der Waals surface area contributed by atoms with Crippen LogP contribution in [0.15, 0.2) is 0 Å². The standard InChI is InChI=1S/C11H20BrNO/c1-3-8(2)11(14)13-10-6-4-9(12)5-7-10/h8-10H,3-7H2,1-2H3,(H,13,14). The number of rotatable bonds is 3. The van der Waals surface area contributed by atoms with E-state index < -0.39 is 0 Å². The first-order chi connectivity index (χ1) is 6.63. The summed E-state index contributed by atoms with van der Waals surface area (Å²) >= 11 is 3.61. The highest BCUT2D eigenvalue weighted by molar-refractivity contribution is 9.09. The van der Waals surface area contributed by atoms with Crippen LogP contribution in [0.2, 0.25) is 0 Å². The monoisotopic (exact) mass is 261 g/mol. The number of carbonyl (C=O) groups excluding carboxylic acids is 1. The van der Waals surface area contributed by atoms with Gasteiger partial charge < -0.3 is 5.32 Å². The lowest BCUT2D eigenvalue weighted by Crippen LogP contribution is -2.40. The predicted molar refractivity (Wildman–Crippen MR) is 62.6 cm³/mol. The Morgan fingerprint density at radius 2 is 2.00 bits per heavy atom. The molecule has 1 aliphatic rings. The maximum atomic E-state index is 11.6. The van der Waals surface area contributed by atoms with Crippen molar-refractivity contribution in [2.45, 2.75) is 56.8 Å². The van der Waals surface area contributed by atoms with Gasteiger partial charge in [-0.2, -0.15) is 0 Å². The van der Waals surface area contributed by atoms with E-state index in [4.69, 9.17) is 0 Å². The third-order valence-electron chi connectivity index (χ3n) is 3.06. The number of hydrogen-bond donors (Lipinski definition) is 1. The largest absolute Gasteiger partial charge is 0.353 e. The quantitative estimate of drug-likeness (QED) is 0.778. The second kappa shape index (κ2) is 5.74. The zero-order chi connectivity index (χ0) is 10.6. The molecule has 2 nitrogen and oxygen atoms in total. The average molecular weight is 262 g/mol. The molecule has 1 unspecified atom stereocenters. The Morgan fingerprint density at radius 3 is 2.50 bits per heavy atom. The lowest BCUT2D eigenvalue weighted by molar-refractivity contribution is -0.125. The van der Waals surface area contributed by atoms with E-state index >= 15 is 0 Å². The van der Waals surface area contributed by atoms with Gasteiger partial charge in [0.2, 0.25) is 5.91 Å². The van der Waals surface area contributed by atoms with E-state index in [0.717, 1.165) is 19.3 Å². The Bertz CT molecular complexity index is 188. The van der Waals surface area contributed by atoms with E-state index in [2.05, 4.69) is 28.2 Å². The van der Waals surface area contributed by atoms with E-state index in [0.29, 0.717) is 10.9 Å². The van der Waals surface area contributed by atoms with Gasteiger partial charge in [0.05, 0.1) is 0 Å². The van der Waals surface area contributed by atoms with Gasteiger partial charge >= 0.3 is 0 Å². The molecule has 1 saturated carbocycles. The molecule has 1 amide bonds. The van der Waals surface area contributed by atoms with Crippen molar-refractivity contribution in [2.24, 2.45) is 5.92 Å². The number of carbonyl (C=O) groups is 1. The van der Waals surface area contributed by atoms with Crippen LogP contribution < -0.4 is 5.32 Å². The van der Waals surface area contributed by atoms with Crippen molar-refractivity contribution in [2.75, 3.05) is 0 Å². The topological polar surface area (TPSA) is 29.1 Å². The van der Waals surface area contributed by atoms with Gasteiger partial charge in [0, 0.05) is 16.8 Å². The lowest BCUT2D eigenvalue weighted by atomic mass is 9.94. The van der Waals surface area contributed by atoms with E-state index in [-0.39, 0.29) is 11.8 Å². The third kappa shape index (κ3) is 3.60. The van der Waals surface area contributed by atoms with E-state index in [1.54, 1.807) is 0 Å². The van der Waals surface area contributed by atoms with Crippen LogP contribution in [0.1, 0.15) is 46.0 Å². The van der Waals surface area contributed by atoms with Crippen LogP contribution in [0.25, 0.3) is 0 Å². The normalized spacial score (nSPS) is 29.6. The Labute approximate surface area is 95.0 Å². The van der Waals surface area contributed by atoms with Crippen molar-refractivity contribution in [1.29, 1.82) is 0 Å². The second-order valence-corrected chi connectivity index (χ2v) is 5.56. The molecule has 1 N–H and O–H groups in total. The summed E-state index contributed by atoms with van der Waals surface area (Å²) in [6.07, 6.45) is 5.55. The molecule has 3 heteroatoms. The summed E-state index contributed by atoms with van der Waals surface area (Å²) in [5.74, 6) is 0.391. The second-order valence-electron chi connectivity index (χ2n) is 4.27. The van der Waals surface area contributed by atoms with Crippen molar-refractivity contribution >= 4 is 21.8 Å². The SMILES string of the molecule is CCC(C)C(=O)NC1CCC(Br)CC1. The fourth-order valence-electron chi connectivity index (χ4n) is 1.73. The number of nitrogens with one attached hydrogen (secondary N) is 1. The number of amides is 1. The number of hydrogen-bond acceptors (Lipinski definition) is 1. The molecule has 0 saturated heterocycles. The molecule has 1 aliphatic carbocycles. The molecule has 82 valence electrons. The van der Waals surface area contributed by atoms with Gasteiger partial charge in [-0.3, -0.25) is 4.79 Å². The molecule has 0 spiro atoms. The minimum Gasteiger partial charge on any atom is -0.353 e. The maximum Gasteiger partial charge on any atom is 0.223 e. The van der Waals surface area contributed by atoms with Gasteiger partial charge in [-0.15, -0.1) is 0 Å². The molecule has 0 aromatic carbocycles. The summed E-state index contributed by atoms with van der Waals surface area (Å²) in [6.45, 7) is 4.05. The molecular formula is C11H20BrNO. The van der Waals surface area contributed by atoms with Gasteiger partial charge in [0.15, 0.2) is 0 Å². The van der Waals surface area contributed by atoms with Gasteiger partial charge in [0.25, 0.3) is 0 Å². The molecule has 0 aromatic heterocycles. The Morgan fingerprint density at radius 1 is 1.43 bits per heavy atom. The van der Waals surface area contributed by atoms with Crippen LogP contribution in [0.5, 0.6) is 0 Å². The van der Waals surface area contributed by atoms with E-state index in [1.807, 2.05) is 6.92 Å². The van der Waals surface area contributed by atoms with Crippen LogP contribution in [0.3, 0.4) is 0 Å². The molecule has 0 radical (unpaired) electrons. The van der Waals surface area contributed by atoms with Crippen molar-refractivity contribution in [3.05, 3.63) is 0 Å². The molecule has 0 aromatic rings. The third-order valence-corrected chi connectivity index (χ3v) is 3.98. The van der Waals surface area contributed by atoms with E-state index in [9.17, 15) is 4.79 Å². The molecule has 1 atom stereocenters. The molecule has 1 fully saturated rings. The van der Waals surface area contributed by atoms with Crippen LogP contribution in [0.4, 0.5) is 0 Å². The molecule has 1 rings (SSSR count). The molecule has 14 heavy (non-hydrogen) atoms. The Kier molecular flexibility index (Phi) is 4.93. The Balaban J connectivity index is 2.27. The summed E-state index contributed by atoms with van der Waals surface area (Å²) in [7, 11) is 0. The number of alkyl halides is 1. The summed E-state index contributed by atoms with van der Waals surface area (Å²) < 4.78 is 0. The van der Waals surface area contributed by atoms with Gasteiger partial charge in [-0.05, 0) is 32.1 Å². The molecule has 0 bridgehead atoms. The van der Waals surface area contributed by atoms with Gasteiger partial charge in [-0.1, -0.05) is 29.8 Å². The van der Waals surface area contributed by atoms with Crippen molar-refractivity contribution in [3.8, 4) is 0 Å². The van der Waals surface area contributed by atoms with Crippen molar-refractivity contribution in [3.63, 3.8) is 0 Å². The lowest BCUT2D eigenvalue weighted by Gasteiger charge is -2.27. The van der Waals surface area contributed by atoms with E-state index in [1.165, 1.54) is 12.8 Å². The highest BCUT2D eigenvalue weighted by Gasteiger charge is 2.21. The van der Waals surface area contributed by atoms with Crippen LogP contribution in [0, 0.1) is 5.92 Å². The molecular weight excluding hydrogens is 242 g/mol. The van der Waals surface area contributed by atoms with Crippen LogP contribution in [-0.4, -0.2) is 16.8 Å².